The molecule has 19 heavy (non-hydrogen) atoms. The Morgan fingerprint density at radius 1 is 1.00 bits per heavy atom. The molecule has 3 rings (SSSR count). The van der Waals surface area contributed by atoms with Crippen LogP contribution in [-0.2, 0) is 0 Å². The van der Waals surface area contributed by atoms with Gasteiger partial charge < -0.3 is 10.5 Å². The summed E-state index contributed by atoms with van der Waals surface area (Å²) in [7, 11) is 0. The molecule has 0 heterocycles. The zero-order valence-electron chi connectivity index (χ0n) is 11.2. The highest BCUT2D eigenvalue weighted by molar-refractivity contribution is 5.83. The number of rotatable bonds is 3. The molecule has 2 atom stereocenters. The van der Waals surface area contributed by atoms with Gasteiger partial charge in [-0.2, -0.15) is 0 Å². The fourth-order valence-corrected chi connectivity index (χ4v) is 3.01. The average Bonchev–Trinajstić information content (AvgIpc) is 2.48. The van der Waals surface area contributed by atoms with E-state index in [1.807, 2.05) is 0 Å². The van der Waals surface area contributed by atoms with Gasteiger partial charge in [-0.05, 0) is 48.7 Å². The molecule has 1 aliphatic carbocycles. The van der Waals surface area contributed by atoms with Crippen LogP contribution >= 0.6 is 0 Å². The lowest BCUT2D eigenvalue weighted by Crippen LogP contribution is -2.35. The minimum Gasteiger partial charge on any atom is -0.490 e. The fraction of sp³-hybridized carbons (Fsp3) is 0.412. The molecule has 2 aromatic carbocycles. The first-order chi connectivity index (χ1) is 9.36. The van der Waals surface area contributed by atoms with Crippen molar-refractivity contribution >= 4 is 10.8 Å². The third kappa shape index (κ3) is 2.74. The van der Waals surface area contributed by atoms with Gasteiger partial charge in [-0.15, -0.1) is 0 Å². The first-order valence-corrected chi connectivity index (χ1v) is 7.22. The van der Waals surface area contributed by atoms with E-state index in [-0.39, 0.29) is 0 Å². The van der Waals surface area contributed by atoms with E-state index >= 15 is 0 Å². The van der Waals surface area contributed by atoms with Gasteiger partial charge in [-0.3, -0.25) is 0 Å². The number of benzene rings is 2. The highest BCUT2D eigenvalue weighted by Crippen LogP contribution is 2.29. The van der Waals surface area contributed by atoms with E-state index in [1.54, 1.807) is 0 Å². The fourth-order valence-electron chi connectivity index (χ4n) is 3.01. The third-order valence-electron chi connectivity index (χ3n) is 4.15. The summed E-state index contributed by atoms with van der Waals surface area (Å²) < 4.78 is 6.19. The standard InChI is InChI=1S/C17H21NO/c18-12-15-7-3-4-8-17(15)19-16-10-9-13-5-1-2-6-14(13)11-16/h1-2,5-6,9-11,15,17H,3-4,7-8,12,18H2. The molecule has 0 amide bonds. The molecule has 1 aliphatic rings. The van der Waals surface area contributed by atoms with E-state index in [9.17, 15) is 0 Å². The summed E-state index contributed by atoms with van der Waals surface area (Å²) in [4.78, 5) is 0. The molecule has 0 saturated heterocycles. The van der Waals surface area contributed by atoms with Crippen LogP contribution in [0.1, 0.15) is 25.7 Å². The second-order valence-electron chi connectivity index (χ2n) is 5.45. The highest BCUT2D eigenvalue weighted by Gasteiger charge is 2.25. The second-order valence-corrected chi connectivity index (χ2v) is 5.45. The quantitative estimate of drug-likeness (QED) is 0.906. The first kappa shape index (κ1) is 12.5. The highest BCUT2D eigenvalue weighted by atomic mass is 16.5. The molecule has 0 aromatic heterocycles. The summed E-state index contributed by atoms with van der Waals surface area (Å²) in [6, 6.07) is 14.7. The third-order valence-corrected chi connectivity index (χ3v) is 4.15. The maximum Gasteiger partial charge on any atom is 0.120 e. The van der Waals surface area contributed by atoms with Gasteiger partial charge in [0.05, 0.1) is 0 Å². The molecule has 2 aromatic rings. The van der Waals surface area contributed by atoms with Crippen molar-refractivity contribution in [3.63, 3.8) is 0 Å². The van der Waals surface area contributed by atoms with Crippen LogP contribution < -0.4 is 10.5 Å². The van der Waals surface area contributed by atoms with Crippen LogP contribution in [0.2, 0.25) is 0 Å². The van der Waals surface area contributed by atoms with Crippen molar-refractivity contribution < 1.29 is 4.74 Å². The van der Waals surface area contributed by atoms with Gasteiger partial charge >= 0.3 is 0 Å². The zero-order chi connectivity index (χ0) is 13.1. The number of fused-ring (bicyclic) bond motifs is 1. The predicted octanol–water partition coefficient (Wildman–Crippen LogP) is 3.74. The Hall–Kier alpha value is -1.54. The molecule has 1 saturated carbocycles. The van der Waals surface area contributed by atoms with Gasteiger partial charge in [0.25, 0.3) is 0 Å². The molecule has 2 nitrogen and oxygen atoms in total. The first-order valence-electron chi connectivity index (χ1n) is 7.22. The van der Waals surface area contributed by atoms with Crippen molar-refractivity contribution in [2.45, 2.75) is 31.8 Å². The van der Waals surface area contributed by atoms with Crippen molar-refractivity contribution in [3.8, 4) is 5.75 Å². The summed E-state index contributed by atoms with van der Waals surface area (Å²) in [6.07, 6.45) is 5.18. The average molecular weight is 255 g/mol. The maximum atomic E-state index is 6.19. The molecular formula is C17H21NO. The predicted molar refractivity (Wildman–Crippen MR) is 79.4 cm³/mol. The molecular weight excluding hydrogens is 234 g/mol. The van der Waals surface area contributed by atoms with E-state index in [0.29, 0.717) is 12.0 Å². The largest absolute Gasteiger partial charge is 0.490 e. The minimum absolute atomic E-state index is 0.292. The van der Waals surface area contributed by atoms with Gasteiger partial charge in [-0.25, -0.2) is 0 Å². The van der Waals surface area contributed by atoms with Crippen molar-refractivity contribution in [1.82, 2.24) is 0 Å². The van der Waals surface area contributed by atoms with Crippen molar-refractivity contribution in [2.75, 3.05) is 6.54 Å². The monoisotopic (exact) mass is 255 g/mol. The van der Waals surface area contributed by atoms with Gasteiger partial charge in [0.15, 0.2) is 0 Å². The maximum absolute atomic E-state index is 6.19. The molecule has 1 fully saturated rings. The Morgan fingerprint density at radius 3 is 2.63 bits per heavy atom. The van der Waals surface area contributed by atoms with Gasteiger partial charge in [0.2, 0.25) is 0 Å². The molecule has 0 spiro atoms. The minimum atomic E-state index is 0.292. The molecule has 2 N–H and O–H groups in total. The summed E-state index contributed by atoms with van der Waals surface area (Å²) in [5.74, 6) is 1.49. The lowest BCUT2D eigenvalue weighted by Gasteiger charge is -2.31. The smallest absolute Gasteiger partial charge is 0.120 e. The van der Waals surface area contributed by atoms with Crippen LogP contribution in [0, 0.1) is 5.92 Å². The van der Waals surface area contributed by atoms with Crippen molar-refractivity contribution in [2.24, 2.45) is 11.7 Å². The lowest BCUT2D eigenvalue weighted by molar-refractivity contribution is 0.0972. The molecule has 0 aliphatic heterocycles. The Morgan fingerprint density at radius 2 is 1.79 bits per heavy atom. The molecule has 0 radical (unpaired) electrons. The van der Waals surface area contributed by atoms with Crippen LogP contribution in [0.15, 0.2) is 42.5 Å². The van der Waals surface area contributed by atoms with E-state index in [1.165, 1.54) is 30.0 Å². The molecule has 0 bridgehead atoms. The van der Waals surface area contributed by atoms with Crippen molar-refractivity contribution in [1.29, 1.82) is 0 Å². The normalized spacial score (nSPS) is 23.4. The Balaban J connectivity index is 1.80. The van der Waals surface area contributed by atoms with Crippen LogP contribution in [0.4, 0.5) is 0 Å². The number of nitrogens with two attached hydrogens (primary N) is 1. The molecule has 2 heteroatoms. The van der Waals surface area contributed by atoms with Crippen LogP contribution in [0.25, 0.3) is 10.8 Å². The van der Waals surface area contributed by atoms with Crippen LogP contribution in [0.3, 0.4) is 0 Å². The molecule has 100 valence electrons. The van der Waals surface area contributed by atoms with Gasteiger partial charge in [0, 0.05) is 5.92 Å². The molecule has 2 unspecified atom stereocenters. The second kappa shape index (κ2) is 5.62. The Kier molecular flexibility index (Phi) is 3.69. The summed E-state index contributed by atoms with van der Waals surface area (Å²) >= 11 is 0. The summed E-state index contributed by atoms with van der Waals surface area (Å²) in [5.41, 5.74) is 5.86. The lowest BCUT2D eigenvalue weighted by atomic mass is 9.86. The Bertz CT molecular complexity index is 552. The Labute approximate surface area is 114 Å². The SMILES string of the molecule is NCC1CCCCC1Oc1ccc2ccccc2c1. The number of hydrogen-bond acceptors (Lipinski definition) is 2. The summed E-state index contributed by atoms with van der Waals surface area (Å²) in [5, 5.41) is 2.49. The number of ether oxygens (including phenoxy) is 1. The van der Waals surface area contributed by atoms with Gasteiger partial charge in [0.1, 0.15) is 11.9 Å². The van der Waals surface area contributed by atoms with Crippen LogP contribution in [0.5, 0.6) is 5.75 Å². The van der Waals surface area contributed by atoms with E-state index in [0.717, 1.165) is 18.7 Å². The summed E-state index contributed by atoms with van der Waals surface area (Å²) in [6.45, 7) is 0.734. The van der Waals surface area contributed by atoms with Crippen molar-refractivity contribution in [3.05, 3.63) is 42.5 Å². The number of hydrogen-bond donors (Lipinski definition) is 1. The van der Waals surface area contributed by atoms with E-state index in [4.69, 9.17) is 10.5 Å². The van der Waals surface area contributed by atoms with E-state index < -0.39 is 0 Å². The van der Waals surface area contributed by atoms with Gasteiger partial charge in [-0.1, -0.05) is 36.8 Å². The van der Waals surface area contributed by atoms with Crippen LogP contribution in [-0.4, -0.2) is 12.6 Å². The van der Waals surface area contributed by atoms with E-state index in [2.05, 4.69) is 42.5 Å². The zero-order valence-corrected chi connectivity index (χ0v) is 11.2. The topological polar surface area (TPSA) is 35.2 Å².